The Hall–Kier alpha value is -2.82. The Kier molecular flexibility index (Phi) is 3.09. The topological polar surface area (TPSA) is 81.2 Å². The summed E-state index contributed by atoms with van der Waals surface area (Å²) in [5.41, 5.74) is 9.23. The monoisotopic (exact) mass is 267 g/mol. The van der Waals surface area contributed by atoms with E-state index in [0.29, 0.717) is 23.4 Å². The third-order valence-corrected chi connectivity index (χ3v) is 3.00. The van der Waals surface area contributed by atoms with E-state index in [9.17, 15) is 4.79 Å². The predicted octanol–water partition coefficient (Wildman–Crippen LogP) is 2.34. The van der Waals surface area contributed by atoms with Gasteiger partial charge in [-0.1, -0.05) is 12.1 Å². The minimum atomic E-state index is -0.157. The van der Waals surface area contributed by atoms with Crippen molar-refractivity contribution in [2.45, 2.75) is 6.54 Å². The highest BCUT2D eigenvalue weighted by atomic mass is 16.3. The molecule has 0 atom stereocenters. The molecule has 5 nitrogen and oxygen atoms in total. The first-order chi connectivity index (χ1) is 9.72. The van der Waals surface area contributed by atoms with Crippen LogP contribution in [0.2, 0.25) is 0 Å². The fourth-order valence-electron chi connectivity index (χ4n) is 1.97. The quantitative estimate of drug-likeness (QED) is 0.714. The Bertz CT molecular complexity index is 764. The Morgan fingerprint density at radius 3 is 3.00 bits per heavy atom. The molecular weight excluding hydrogens is 254 g/mol. The summed E-state index contributed by atoms with van der Waals surface area (Å²) in [4.78, 5) is 16.0. The molecule has 2 aromatic carbocycles. The van der Waals surface area contributed by atoms with Crippen LogP contribution < -0.4 is 11.1 Å². The van der Waals surface area contributed by atoms with E-state index in [1.54, 1.807) is 24.3 Å². The summed E-state index contributed by atoms with van der Waals surface area (Å²) in [7, 11) is 0. The number of nitrogens with zero attached hydrogens (tertiary/aromatic N) is 1. The molecule has 0 saturated carbocycles. The average Bonchev–Trinajstić information content (AvgIpc) is 2.92. The lowest BCUT2D eigenvalue weighted by molar-refractivity contribution is 0.0951. The van der Waals surface area contributed by atoms with Crippen LogP contribution in [-0.4, -0.2) is 10.9 Å². The smallest absolute Gasteiger partial charge is 0.251 e. The molecule has 0 aliphatic rings. The Morgan fingerprint density at radius 1 is 1.25 bits per heavy atom. The Morgan fingerprint density at radius 2 is 2.15 bits per heavy atom. The average molecular weight is 267 g/mol. The number of benzene rings is 2. The van der Waals surface area contributed by atoms with Crippen LogP contribution in [0.5, 0.6) is 0 Å². The maximum absolute atomic E-state index is 12.0. The number of rotatable bonds is 3. The van der Waals surface area contributed by atoms with Gasteiger partial charge in [-0.25, -0.2) is 4.98 Å². The molecule has 5 heteroatoms. The number of carbonyl (C=O) groups excluding carboxylic acids is 1. The van der Waals surface area contributed by atoms with E-state index in [1.165, 1.54) is 6.39 Å². The molecule has 0 unspecified atom stereocenters. The minimum absolute atomic E-state index is 0.157. The highest BCUT2D eigenvalue weighted by molar-refractivity contribution is 5.95. The molecule has 0 aliphatic carbocycles. The third kappa shape index (κ3) is 2.47. The number of anilines is 1. The van der Waals surface area contributed by atoms with Crippen LogP contribution in [0.25, 0.3) is 11.1 Å². The van der Waals surface area contributed by atoms with Crippen molar-refractivity contribution in [2.24, 2.45) is 0 Å². The first-order valence-corrected chi connectivity index (χ1v) is 6.18. The number of nitrogens with two attached hydrogens (primary N) is 1. The zero-order chi connectivity index (χ0) is 13.9. The summed E-state index contributed by atoms with van der Waals surface area (Å²) in [6.07, 6.45) is 1.40. The standard InChI is InChI=1S/C15H13N3O2/c16-12-3-1-2-11(7-12)15(19)17-8-10-4-5-13-14(6-10)20-9-18-13/h1-7,9H,8,16H2,(H,17,19). The molecule has 3 N–H and O–H groups in total. The number of aromatic nitrogens is 1. The van der Waals surface area contributed by atoms with E-state index in [1.807, 2.05) is 18.2 Å². The summed E-state index contributed by atoms with van der Waals surface area (Å²) < 4.78 is 5.23. The van der Waals surface area contributed by atoms with Crippen molar-refractivity contribution < 1.29 is 9.21 Å². The lowest BCUT2D eigenvalue weighted by Gasteiger charge is -2.06. The highest BCUT2D eigenvalue weighted by Gasteiger charge is 2.06. The van der Waals surface area contributed by atoms with Gasteiger partial charge in [-0.15, -0.1) is 0 Å². The van der Waals surface area contributed by atoms with Crippen LogP contribution in [0, 0.1) is 0 Å². The molecule has 3 rings (SSSR count). The van der Waals surface area contributed by atoms with E-state index in [2.05, 4.69) is 10.3 Å². The fourth-order valence-corrected chi connectivity index (χ4v) is 1.97. The summed E-state index contributed by atoms with van der Waals surface area (Å²) >= 11 is 0. The van der Waals surface area contributed by atoms with E-state index in [4.69, 9.17) is 10.2 Å². The van der Waals surface area contributed by atoms with Gasteiger partial charge in [0.1, 0.15) is 5.52 Å². The van der Waals surface area contributed by atoms with Crippen molar-refractivity contribution in [3.63, 3.8) is 0 Å². The highest BCUT2D eigenvalue weighted by Crippen LogP contribution is 2.14. The zero-order valence-corrected chi connectivity index (χ0v) is 10.7. The van der Waals surface area contributed by atoms with Crippen molar-refractivity contribution in [2.75, 3.05) is 5.73 Å². The molecule has 1 amide bonds. The number of nitrogen functional groups attached to an aromatic ring is 1. The molecule has 1 aromatic heterocycles. The van der Waals surface area contributed by atoms with E-state index >= 15 is 0 Å². The van der Waals surface area contributed by atoms with Crippen molar-refractivity contribution in [3.8, 4) is 0 Å². The van der Waals surface area contributed by atoms with Gasteiger partial charge in [-0.2, -0.15) is 0 Å². The first-order valence-electron chi connectivity index (χ1n) is 6.18. The van der Waals surface area contributed by atoms with Gasteiger partial charge in [-0.3, -0.25) is 4.79 Å². The number of fused-ring (bicyclic) bond motifs is 1. The van der Waals surface area contributed by atoms with Crippen LogP contribution in [0.3, 0.4) is 0 Å². The van der Waals surface area contributed by atoms with Gasteiger partial charge in [0.05, 0.1) is 0 Å². The van der Waals surface area contributed by atoms with Gasteiger partial charge in [0.15, 0.2) is 12.0 Å². The first kappa shape index (κ1) is 12.2. The summed E-state index contributed by atoms with van der Waals surface area (Å²) in [6, 6.07) is 12.5. The maximum Gasteiger partial charge on any atom is 0.251 e. The molecule has 20 heavy (non-hydrogen) atoms. The SMILES string of the molecule is Nc1cccc(C(=O)NCc2ccc3ncoc3c2)c1. The molecule has 0 fully saturated rings. The van der Waals surface area contributed by atoms with Crippen molar-refractivity contribution in [1.29, 1.82) is 0 Å². The number of oxazole rings is 1. The predicted molar refractivity (Wildman–Crippen MR) is 76.0 cm³/mol. The molecule has 1 heterocycles. The van der Waals surface area contributed by atoms with E-state index in [-0.39, 0.29) is 5.91 Å². The van der Waals surface area contributed by atoms with Gasteiger partial charge in [-0.05, 0) is 35.9 Å². The second kappa shape index (κ2) is 5.05. The normalized spacial score (nSPS) is 10.6. The van der Waals surface area contributed by atoms with E-state index in [0.717, 1.165) is 11.1 Å². The third-order valence-electron chi connectivity index (χ3n) is 3.00. The Balaban J connectivity index is 1.71. The van der Waals surface area contributed by atoms with Gasteiger partial charge in [0, 0.05) is 17.8 Å². The van der Waals surface area contributed by atoms with Crippen LogP contribution in [0.1, 0.15) is 15.9 Å². The van der Waals surface area contributed by atoms with Crippen LogP contribution in [-0.2, 0) is 6.54 Å². The molecule has 0 saturated heterocycles. The maximum atomic E-state index is 12.0. The minimum Gasteiger partial charge on any atom is -0.443 e. The Labute approximate surface area is 115 Å². The second-order valence-corrected chi connectivity index (χ2v) is 4.46. The van der Waals surface area contributed by atoms with Crippen molar-refractivity contribution >= 4 is 22.7 Å². The molecular formula is C15H13N3O2. The lowest BCUT2D eigenvalue weighted by Crippen LogP contribution is -2.22. The fraction of sp³-hybridized carbons (Fsp3) is 0.0667. The summed E-state index contributed by atoms with van der Waals surface area (Å²) in [5.74, 6) is -0.157. The summed E-state index contributed by atoms with van der Waals surface area (Å²) in [6.45, 7) is 0.421. The second-order valence-electron chi connectivity index (χ2n) is 4.46. The number of hydrogen-bond acceptors (Lipinski definition) is 4. The van der Waals surface area contributed by atoms with Crippen LogP contribution in [0.15, 0.2) is 53.3 Å². The van der Waals surface area contributed by atoms with Gasteiger partial charge in [0.2, 0.25) is 0 Å². The number of amides is 1. The summed E-state index contributed by atoms with van der Waals surface area (Å²) in [5, 5.41) is 2.84. The molecule has 0 bridgehead atoms. The number of nitrogens with one attached hydrogen (secondary N) is 1. The zero-order valence-electron chi connectivity index (χ0n) is 10.7. The largest absolute Gasteiger partial charge is 0.443 e. The van der Waals surface area contributed by atoms with Crippen LogP contribution >= 0.6 is 0 Å². The number of carbonyl (C=O) groups is 1. The molecule has 0 spiro atoms. The van der Waals surface area contributed by atoms with Crippen molar-refractivity contribution in [1.82, 2.24) is 10.3 Å². The van der Waals surface area contributed by atoms with Gasteiger partial charge < -0.3 is 15.5 Å². The molecule has 0 radical (unpaired) electrons. The van der Waals surface area contributed by atoms with Crippen molar-refractivity contribution in [3.05, 3.63) is 60.0 Å². The lowest BCUT2D eigenvalue weighted by atomic mass is 10.1. The molecule has 0 aliphatic heterocycles. The molecule has 100 valence electrons. The number of hydrogen-bond donors (Lipinski definition) is 2. The molecule has 3 aromatic rings. The van der Waals surface area contributed by atoms with Gasteiger partial charge in [0.25, 0.3) is 5.91 Å². The van der Waals surface area contributed by atoms with Crippen LogP contribution in [0.4, 0.5) is 5.69 Å². The van der Waals surface area contributed by atoms with Gasteiger partial charge >= 0.3 is 0 Å². The van der Waals surface area contributed by atoms with E-state index < -0.39 is 0 Å².